The highest BCUT2D eigenvalue weighted by Gasteiger charge is 2.08. The molecule has 2 rings (SSSR count). The molecule has 0 aliphatic rings. The van der Waals surface area contributed by atoms with E-state index in [-0.39, 0.29) is 22.9 Å². The van der Waals surface area contributed by atoms with Crippen LogP contribution in [0.2, 0.25) is 0 Å². The van der Waals surface area contributed by atoms with E-state index in [2.05, 4.69) is 5.32 Å². The van der Waals surface area contributed by atoms with Crippen molar-refractivity contribution < 1.29 is 18.3 Å². The molecule has 0 saturated heterocycles. The number of nitrogens with one attached hydrogen (secondary N) is 1. The van der Waals surface area contributed by atoms with Crippen molar-refractivity contribution >= 4 is 28.4 Å². The number of benzene rings is 2. The molecule has 0 aliphatic heterocycles. The number of carboxylic acid groups (broad SMARTS) is 1. The summed E-state index contributed by atoms with van der Waals surface area (Å²) in [6, 6.07) is 13.2. The average Bonchev–Trinajstić information content (AvgIpc) is 2.51. The molecule has 0 aromatic heterocycles. The third-order valence-electron chi connectivity index (χ3n) is 3.41. The van der Waals surface area contributed by atoms with Crippen molar-refractivity contribution in [1.82, 2.24) is 5.32 Å². The van der Waals surface area contributed by atoms with E-state index in [1.54, 1.807) is 36.4 Å². The molecule has 130 valence electrons. The first kappa shape index (κ1) is 20.1. The van der Waals surface area contributed by atoms with Gasteiger partial charge in [-0.05, 0) is 42.3 Å². The van der Waals surface area contributed by atoms with Crippen LogP contribution in [-0.4, -0.2) is 26.0 Å². The molecule has 0 amide bonds. The minimum atomic E-state index is -3.66. The number of carboxylic acids is 1. The number of hydrogen-bond donors (Lipinski definition) is 3. The third-order valence-corrected chi connectivity index (χ3v) is 4.33. The predicted octanol–water partition coefficient (Wildman–Crippen LogP) is 1.79. The summed E-state index contributed by atoms with van der Waals surface area (Å²) in [5.74, 6) is -0.944. The fourth-order valence-corrected chi connectivity index (χ4v) is 2.70. The first-order valence-corrected chi connectivity index (χ1v) is 8.56. The van der Waals surface area contributed by atoms with Crippen LogP contribution in [0, 0.1) is 0 Å². The van der Waals surface area contributed by atoms with Crippen molar-refractivity contribution in [3.05, 3.63) is 65.2 Å². The van der Waals surface area contributed by atoms with E-state index >= 15 is 0 Å². The number of sulfonamides is 1. The van der Waals surface area contributed by atoms with Crippen molar-refractivity contribution in [2.45, 2.75) is 17.9 Å². The Labute approximate surface area is 147 Å². The maximum Gasteiger partial charge on any atom is 0.336 e. The van der Waals surface area contributed by atoms with Crippen LogP contribution in [0.5, 0.6) is 0 Å². The summed E-state index contributed by atoms with van der Waals surface area (Å²) in [6.07, 6.45) is 0.695. The van der Waals surface area contributed by atoms with Gasteiger partial charge in [0.15, 0.2) is 0 Å². The second-order valence-corrected chi connectivity index (χ2v) is 6.64. The summed E-state index contributed by atoms with van der Waals surface area (Å²) in [6.45, 7) is 1.10. The lowest BCUT2D eigenvalue weighted by Gasteiger charge is -2.08. The Kier molecular flexibility index (Phi) is 7.37. The van der Waals surface area contributed by atoms with Gasteiger partial charge >= 0.3 is 5.97 Å². The third kappa shape index (κ3) is 5.61. The molecule has 0 bridgehead atoms. The molecule has 8 heteroatoms. The number of nitrogens with two attached hydrogens (primary N) is 1. The highest BCUT2D eigenvalue weighted by molar-refractivity contribution is 7.89. The number of halogens is 1. The lowest BCUT2D eigenvalue weighted by Crippen LogP contribution is -2.18. The summed E-state index contributed by atoms with van der Waals surface area (Å²) in [7, 11) is -3.66. The molecule has 2 aromatic carbocycles. The molecule has 0 saturated carbocycles. The van der Waals surface area contributed by atoms with E-state index in [0.717, 1.165) is 11.1 Å². The Bertz CT molecular complexity index is 792. The molecule has 24 heavy (non-hydrogen) atoms. The van der Waals surface area contributed by atoms with Crippen LogP contribution in [0.1, 0.15) is 21.5 Å². The van der Waals surface area contributed by atoms with Gasteiger partial charge in [-0.3, -0.25) is 0 Å². The second kappa shape index (κ2) is 8.79. The van der Waals surface area contributed by atoms with Crippen molar-refractivity contribution in [2.24, 2.45) is 5.14 Å². The van der Waals surface area contributed by atoms with E-state index in [0.29, 0.717) is 19.5 Å². The summed E-state index contributed by atoms with van der Waals surface area (Å²) in [5.41, 5.74) is 1.98. The van der Waals surface area contributed by atoms with Crippen molar-refractivity contribution in [2.75, 3.05) is 6.54 Å². The van der Waals surface area contributed by atoms with Gasteiger partial charge in [0.25, 0.3) is 0 Å². The fourth-order valence-electron chi connectivity index (χ4n) is 2.18. The van der Waals surface area contributed by atoms with E-state index in [9.17, 15) is 13.2 Å². The van der Waals surface area contributed by atoms with E-state index in [1.807, 2.05) is 0 Å². The molecule has 0 atom stereocenters. The Balaban J connectivity index is 0.00000288. The minimum Gasteiger partial charge on any atom is -0.478 e. The molecule has 0 unspecified atom stereocenters. The van der Waals surface area contributed by atoms with Gasteiger partial charge in [0.05, 0.1) is 10.5 Å². The van der Waals surface area contributed by atoms with E-state index in [4.69, 9.17) is 10.2 Å². The van der Waals surface area contributed by atoms with Crippen LogP contribution in [0.3, 0.4) is 0 Å². The topological polar surface area (TPSA) is 109 Å². The van der Waals surface area contributed by atoms with Crippen molar-refractivity contribution in [1.29, 1.82) is 0 Å². The quantitative estimate of drug-likeness (QED) is 0.643. The molecule has 0 fully saturated rings. The first-order valence-electron chi connectivity index (χ1n) is 7.01. The number of aromatic carboxylic acids is 1. The van der Waals surface area contributed by atoms with Crippen LogP contribution >= 0.6 is 12.4 Å². The fraction of sp³-hybridized carbons (Fsp3) is 0.188. The standard InChI is InChI=1S/C16H18N2O4S.ClH/c17-23(21,22)14-7-5-12(6-8-14)9-10-18-11-13-3-1-2-4-15(13)16(19)20;/h1-8,18H,9-11H2,(H,19,20)(H2,17,21,22);1H. The average molecular weight is 371 g/mol. The number of hydrogen-bond acceptors (Lipinski definition) is 4. The largest absolute Gasteiger partial charge is 0.478 e. The molecule has 4 N–H and O–H groups in total. The van der Waals surface area contributed by atoms with Crippen molar-refractivity contribution in [3.63, 3.8) is 0 Å². The maximum absolute atomic E-state index is 11.2. The van der Waals surface area contributed by atoms with Gasteiger partial charge in [0.2, 0.25) is 10.0 Å². The van der Waals surface area contributed by atoms with E-state index in [1.165, 1.54) is 12.1 Å². The van der Waals surface area contributed by atoms with Gasteiger partial charge in [-0.25, -0.2) is 18.4 Å². The maximum atomic E-state index is 11.2. The van der Waals surface area contributed by atoms with Crippen LogP contribution in [0.25, 0.3) is 0 Å². The molecular weight excluding hydrogens is 352 g/mol. The van der Waals surface area contributed by atoms with Gasteiger partial charge < -0.3 is 10.4 Å². The van der Waals surface area contributed by atoms with E-state index < -0.39 is 16.0 Å². The Morgan fingerprint density at radius 2 is 1.71 bits per heavy atom. The van der Waals surface area contributed by atoms with Crippen LogP contribution in [-0.2, 0) is 23.0 Å². The molecule has 6 nitrogen and oxygen atoms in total. The Morgan fingerprint density at radius 3 is 2.29 bits per heavy atom. The molecule has 0 radical (unpaired) electrons. The first-order chi connectivity index (χ1) is 10.9. The summed E-state index contributed by atoms with van der Waals surface area (Å²) >= 11 is 0. The Morgan fingerprint density at radius 1 is 1.08 bits per heavy atom. The lowest BCUT2D eigenvalue weighted by molar-refractivity contribution is 0.0695. The highest BCUT2D eigenvalue weighted by atomic mass is 35.5. The molecule has 0 heterocycles. The SMILES string of the molecule is Cl.NS(=O)(=O)c1ccc(CCNCc2ccccc2C(=O)O)cc1. The van der Waals surface area contributed by atoms with Gasteiger partial charge in [0.1, 0.15) is 0 Å². The minimum absolute atomic E-state index is 0. The molecule has 0 spiro atoms. The smallest absolute Gasteiger partial charge is 0.336 e. The number of primary sulfonamides is 1. The predicted molar refractivity (Wildman–Crippen MR) is 93.9 cm³/mol. The molecule has 2 aromatic rings. The van der Waals surface area contributed by atoms with Crippen LogP contribution in [0.15, 0.2) is 53.4 Å². The van der Waals surface area contributed by atoms with Gasteiger partial charge in [-0.2, -0.15) is 0 Å². The zero-order chi connectivity index (χ0) is 16.9. The van der Waals surface area contributed by atoms with Gasteiger partial charge in [-0.15, -0.1) is 12.4 Å². The lowest BCUT2D eigenvalue weighted by atomic mass is 10.1. The Hall–Kier alpha value is -1.93. The molecule has 0 aliphatic carbocycles. The monoisotopic (exact) mass is 370 g/mol. The van der Waals surface area contributed by atoms with Crippen molar-refractivity contribution in [3.8, 4) is 0 Å². The van der Waals surface area contributed by atoms with Crippen LogP contribution < -0.4 is 10.5 Å². The molecular formula is C16H19ClN2O4S. The van der Waals surface area contributed by atoms with Gasteiger partial charge in [-0.1, -0.05) is 30.3 Å². The van der Waals surface area contributed by atoms with Gasteiger partial charge in [0, 0.05) is 6.54 Å². The number of rotatable bonds is 7. The zero-order valence-electron chi connectivity index (χ0n) is 12.8. The highest BCUT2D eigenvalue weighted by Crippen LogP contribution is 2.10. The zero-order valence-corrected chi connectivity index (χ0v) is 14.4. The number of carbonyl (C=O) groups is 1. The second-order valence-electron chi connectivity index (χ2n) is 5.08. The normalized spacial score (nSPS) is 10.9. The summed E-state index contributed by atoms with van der Waals surface area (Å²) in [5, 5.41) is 17.3. The summed E-state index contributed by atoms with van der Waals surface area (Å²) < 4.78 is 22.3. The van der Waals surface area contributed by atoms with Crippen LogP contribution in [0.4, 0.5) is 0 Å². The summed E-state index contributed by atoms with van der Waals surface area (Å²) in [4.78, 5) is 11.2.